The van der Waals surface area contributed by atoms with Gasteiger partial charge < -0.3 is 10.6 Å². The highest BCUT2D eigenvalue weighted by Gasteiger charge is 2.26. The Hall–Kier alpha value is -3.16. The molecular weight excluding hydrogens is 348 g/mol. The number of likely N-dealkylation sites (tertiary alicyclic amines) is 1. The van der Waals surface area contributed by atoms with E-state index in [1.54, 1.807) is 30.0 Å². The minimum Gasteiger partial charge on any atom is -0.366 e. The summed E-state index contributed by atoms with van der Waals surface area (Å²) < 4.78 is 1.22. The number of H-pyrrole nitrogens is 1. The summed E-state index contributed by atoms with van der Waals surface area (Å²) in [4.78, 5) is 51.0. The molecule has 8 nitrogen and oxygen atoms in total. The molecule has 0 bridgehead atoms. The molecule has 1 aromatic carbocycles. The van der Waals surface area contributed by atoms with E-state index in [-0.39, 0.29) is 18.4 Å². The summed E-state index contributed by atoms with van der Waals surface area (Å²) >= 11 is 0. The Balaban J connectivity index is 1.62. The first-order chi connectivity index (χ1) is 12.8. The number of carbonyl (C=O) groups is 2. The molecule has 0 spiro atoms. The molecule has 1 saturated heterocycles. The van der Waals surface area contributed by atoms with Crippen LogP contribution < -0.4 is 17.0 Å². The van der Waals surface area contributed by atoms with Crippen molar-refractivity contribution in [3.63, 3.8) is 0 Å². The largest absolute Gasteiger partial charge is 0.366 e. The number of hydrogen-bond acceptors (Lipinski definition) is 4. The van der Waals surface area contributed by atoms with Crippen molar-refractivity contribution in [3.05, 3.63) is 68.0 Å². The lowest BCUT2D eigenvalue weighted by atomic mass is 9.97. The number of aromatic nitrogens is 2. The maximum absolute atomic E-state index is 12.5. The van der Waals surface area contributed by atoms with Crippen LogP contribution in [0.3, 0.4) is 0 Å². The topological polar surface area (TPSA) is 118 Å². The summed E-state index contributed by atoms with van der Waals surface area (Å²) in [6.45, 7) is 2.71. The van der Waals surface area contributed by atoms with Gasteiger partial charge in [-0.1, -0.05) is 12.1 Å². The van der Waals surface area contributed by atoms with E-state index in [4.69, 9.17) is 5.73 Å². The normalized spacial score (nSPS) is 16.5. The van der Waals surface area contributed by atoms with E-state index < -0.39 is 17.2 Å². The molecule has 0 saturated carbocycles. The summed E-state index contributed by atoms with van der Waals surface area (Å²) in [6.07, 6.45) is 3.01. The zero-order valence-electron chi connectivity index (χ0n) is 15.1. The van der Waals surface area contributed by atoms with Crippen LogP contribution in [0.4, 0.5) is 0 Å². The lowest BCUT2D eigenvalue weighted by Gasteiger charge is -2.17. The van der Waals surface area contributed by atoms with Crippen molar-refractivity contribution in [2.75, 3.05) is 13.1 Å². The van der Waals surface area contributed by atoms with Crippen molar-refractivity contribution in [2.24, 2.45) is 11.7 Å². The van der Waals surface area contributed by atoms with Crippen LogP contribution in [0.2, 0.25) is 0 Å². The minimum absolute atomic E-state index is 0.0969. The standard InChI is InChI=1S/C19H22N4O4/c1-12-9-23(19(27)21-18(12)26)11-16(24)22-6-5-14(10-22)7-13-3-2-4-15(8-13)17(20)25/h2-4,8-9,14H,5-7,10-11H2,1H3,(H2,20,25)(H,21,26,27). The fourth-order valence-electron chi connectivity index (χ4n) is 3.39. The number of hydrogen-bond donors (Lipinski definition) is 2. The van der Waals surface area contributed by atoms with E-state index in [1.807, 2.05) is 6.07 Å². The van der Waals surface area contributed by atoms with Crippen LogP contribution in [-0.4, -0.2) is 39.4 Å². The Kier molecular flexibility index (Phi) is 5.25. The fourth-order valence-corrected chi connectivity index (χ4v) is 3.39. The molecule has 1 unspecified atom stereocenters. The summed E-state index contributed by atoms with van der Waals surface area (Å²) in [5, 5.41) is 0. The maximum Gasteiger partial charge on any atom is 0.328 e. The zero-order valence-corrected chi connectivity index (χ0v) is 15.1. The first kappa shape index (κ1) is 18.6. The maximum atomic E-state index is 12.5. The van der Waals surface area contributed by atoms with Gasteiger partial charge in [0.2, 0.25) is 11.8 Å². The molecule has 1 aliphatic heterocycles. The average Bonchev–Trinajstić information content (AvgIpc) is 3.08. The van der Waals surface area contributed by atoms with Crippen LogP contribution in [0.15, 0.2) is 40.1 Å². The number of nitrogens with one attached hydrogen (secondary N) is 1. The molecule has 0 aliphatic carbocycles. The third kappa shape index (κ3) is 4.33. The summed E-state index contributed by atoms with van der Waals surface area (Å²) in [5.74, 6) is -0.329. The van der Waals surface area contributed by atoms with Crippen LogP contribution in [0.25, 0.3) is 0 Å². The van der Waals surface area contributed by atoms with E-state index in [0.29, 0.717) is 24.2 Å². The highest BCUT2D eigenvalue weighted by Crippen LogP contribution is 2.21. The van der Waals surface area contributed by atoms with Crippen LogP contribution in [0.5, 0.6) is 0 Å². The molecule has 0 radical (unpaired) electrons. The molecule has 2 amide bonds. The molecule has 2 heterocycles. The third-order valence-electron chi connectivity index (χ3n) is 4.87. The number of nitrogens with zero attached hydrogens (tertiary/aromatic N) is 2. The van der Waals surface area contributed by atoms with E-state index in [1.165, 1.54) is 10.8 Å². The number of carbonyl (C=O) groups excluding carboxylic acids is 2. The van der Waals surface area contributed by atoms with Crippen molar-refractivity contribution in [2.45, 2.75) is 26.3 Å². The van der Waals surface area contributed by atoms with Crippen molar-refractivity contribution in [1.29, 1.82) is 0 Å². The molecule has 1 aliphatic rings. The van der Waals surface area contributed by atoms with Crippen LogP contribution >= 0.6 is 0 Å². The predicted octanol–water partition coefficient (Wildman–Crippen LogP) is 0.0351. The van der Waals surface area contributed by atoms with Crippen molar-refractivity contribution in [1.82, 2.24) is 14.5 Å². The first-order valence-electron chi connectivity index (χ1n) is 8.80. The molecule has 27 heavy (non-hydrogen) atoms. The molecule has 8 heteroatoms. The number of aromatic amines is 1. The number of rotatable bonds is 5. The minimum atomic E-state index is -0.585. The second kappa shape index (κ2) is 7.61. The van der Waals surface area contributed by atoms with Gasteiger partial charge in [0.25, 0.3) is 5.56 Å². The predicted molar refractivity (Wildman–Crippen MR) is 99.4 cm³/mol. The SMILES string of the molecule is Cc1cn(CC(=O)N2CCC(Cc3cccc(C(N)=O)c3)C2)c(=O)[nH]c1=O. The van der Waals surface area contributed by atoms with Gasteiger partial charge in [0.15, 0.2) is 0 Å². The van der Waals surface area contributed by atoms with Gasteiger partial charge in [-0.05, 0) is 43.4 Å². The Bertz CT molecular complexity index is 992. The number of benzene rings is 1. The monoisotopic (exact) mass is 370 g/mol. The molecular formula is C19H22N4O4. The Morgan fingerprint density at radius 3 is 2.81 bits per heavy atom. The molecule has 1 atom stereocenters. The van der Waals surface area contributed by atoms with Crippen LogP contribution in [-0.2, 0) is 17.8 Å². The van der Waals surface area contributed by atoms with Crippen molar-refractivity contribution >= 4 is 11.8 Å². The Morgan fingerprint density at radius 2 is 2.07 bits per heavy atom. The Morgan fingerprint density at radius 1 is 1.30 bits per heavy atom. The fraction of sp³-hybridized carbons (Fsp3) is 0.368. The second-order valence-corrected chi connectivity index (χ2v) is 6.96. The average molecular weight is 370 g/mol. The number of amides is 2. The van der Waals surface area contributed by atoms with Crippen LogP contribution in [0.1, 0.15) is 27.9 Å². The smallest absolute Gasteiger partial charge is 0.328 e. The molecule has 1 aromatic heterocycles. The second-order valence-electron chi connectivity index (χ2n) is 6.96. The lowest BCUT2D eigenvalue weighted by molar-refractivity contribution is -0.131. The Labute approximate surface area is 155 Å². The van der Waals surface area contributed by atoms with Crippen molar-refractivity contribution < 1.29 is 9.59 Å². The van der Waals surface area contributed by atoms with Gasteiger partial charge in [-0.25, -0.2) is 4.79 Å². The van der Waals surface area contributed by atoms with E-state index in [0.717, 1.165) is 18.4 Å². The highest BCUT2D eigenvalue weighted by molar-refractivity contribution is 5.92. The van der Waals surface area contributed by atoms with E-state index in [9.17, 15) is 19.2 Å². The number of aryl methyl sites for hydroxylation is 1. The third-order valence-corrected chi connectivity index (χ3v) is 4.87. The zero-order chi connectivity index (χ0) is 19.6. The summed E-state index contributed by atoms with van der Waals surface area (Å²) in [5.41, 5.74) is 6.16. The van der Waals surface area contributed by atoms with E-state index in [2.05, 4.69) is 4.98 Å². The van der Waals surface area contributed by atoms with Crippen LogP contribution in [0, 0.1) is 12.8 Å². The van der Waals surface area contributed by atoms with Gasteiger partial charge in [-0.3, -0.25) is 23.9 Å². The molecule has 2 aromatic rings. The molecule has 3 rings (SSSR count). The van der Waals surface area contributed by atoms with Gasteiger partial charge in [-0.2, -0.15) is 0 Å². The van der Waals surface area contributed by atoms with Crippen molar-refractivity contribution in [3.8, 4) is 0 Å². The quantitative estimate of drug-likeness (QED) is 0.772. The molecule has 3 N–H and O–H groups in total. The van der Waals surface area contributed by atoms with Gasteiger partial charge in [0.05, 0.1) is 0 Å². The first-order valence-corrected chi connectivity index (χ1v) is 8.80. The highest BCUT2D eigenvalue weighted by atomic mass is 16.2. The number of nitrogens with two attached hydrogens (primary N) is 1. The number of primary amides is 1. The summed E-state index contributed by atoms with van der Waals surface area (Å²) in [6, 6.07) is 7.22. The van der Waals surface area contributed by atoms with E-state index >= 15 is 0 Å². The van der Waals surface area contributed by atoms with Gasteiger partial charge in [0, 0.05) is 30.4 Å². The lowest BCUT2D eigenvalue weighted by Crippen LogP contribution is -2.38. The molecule has 142 valence electrons. The summed E-state index contributed by atoms with van der Waals surface area (Å²) in [7, 11) is 0. The van der Waals surface area contributed by atoms with Gasteiger partial charge >= 0.3 is 5.69 Å². The van der Waals surface area contributed by atoms with Gasteiger partial charge in [-0.15, -0.1) is 0 Å². The van der Waals surface area contributed by atoms with Gasteiger partial charge in [0.1, 0.15) is 6.54 Å². The molecule has 1 fully saturated rings.